The number of benzene rings is 2. The average molecular weight is 434 g/mol. The third-order valence-electron chi connectivity index (χ3n) is 5.76. The third kappa shape index (κ3) is 4.57. The Hall–Kier alpha value is -2.92. The normalized spacial score (nSPS) is 15.4. The molecule has 0 saturated carbocycles. The van der Waals surface area contributed by atoms with Gasteiger partial charge in [0.1, 0.15) is 5.00 Å². The summed E-state index contributed by atoms with van der Waals surface area (Å²) in [5.41, 5.74) is 3.42. The summed E-state index contributed by atoms with van der Waals surface area (Å²) >= 11 is 1.52. The number of hydrogen-bond acceptors (Lipinski definition) is 4. The molecule has 160 valence electrons. The highest BCUT2D eigenvalue weighted by molar-refractivity contribution is 7.17. The van der Waals surface area contributed by atoms with Crippen molar-refractivity contribution in [2.45, 2.75) is 39.0 Å². The van der Waals surface area contributed by atoms with Crippen LogP contribution in [0.3, 0.4) is 0 Å². The molecule has 3 aromatic rings. The first-order valence-corrected chi connectivity index (χ1v) is 11.6. The fourth-order valence-electron chi connectivity index (χ4n) is 4.23. The first kappa shape index (κ1) is 21.3. The summed E-state index contributed by atoms with van der Waals surface area (Å²) in [6, 6.07) is 19.5. The summed E-state index contributed by atoms with van der Waals surface area (Å²) in [5, 5.41) is 3.71. The van der Waals surface area contributed by atoms with Crippen LogP contribution in [0.4, 0.5) is 5.00 Å². The van der Waals surface area contributed by atoms with E-state index in [2.05, 4.69) is 12.2 Å². The van der Waals surface area contributed by atoms with Gasteiger partial charge in [0.05, 0.1) is 18.1 Å². The minimum absolute atomic E-state index is 0.144. The number of amides is 1. The van der Waals surface area contributed by atoms with Crippen molar-refractivity contribution in [1.82, 2.24) is 0 Å². The number of fused-ring (bicyclic) bond motifs is 1. The molecule has 0 radical (unpaired) electrons. The van der Waals surface area contributed by atoms with Crippen molar-refractivity contribution in [3.05, 3.63) is 87.8 Å². The van der Waals surface area contributed by atoms with Gasteiger partial charge < -0.3 is 10.1 Å². The molecule has 5 heteroatoms. The summed E-state index contributed by atoms with van der Waals surface area (Å²) in [4.78, 5) is 27.6. The summed E-state index contributed by atoms with van der Waals surface area (Å²) in [6.45, 7) is 4.34. The van der Waals surface area contributed by atoms with Gasteiger partial charge in [-0.3, -0.25) is 4.79 Å². The molecule has 0 spiro atoms. The Balaban J connectivity index is 1.71. The summed E-state index contributed by atoms with van der Waals surface area (Å²) in [7, 11) is 0. The number of ether oxygens (including phenoxy) is 1. The van der Waals surface area contributed by atoms with Crippen LogP contribution in [0, 0.1) is 5.92 Å². The van der Waals surface area contributed by atoms with Gasteiger partial charge in [-0.15, -0.1) is 11.3 Å². The van der Waals surface area contributed by atoms with Gasteiger partial charge in [0.25, 0.3) is 0 Å². The zero-order chi connectivity index (χ0) is 21.8. The van der Waals surface area contributed by atoms with Crippen LogP contribution in [-0.4, -0.2) is 18.5 Å². The molecule has 1 amide bonds. The highest BCUT2D eigenvalue weighted by atomic mass is 32.1. The zero-order valence-corrected chi connectivity index (χ0v) is 18.7. The second-order valence-corrected chi connectivity index (χ2v) is 9.13. The highest BCUT2D eigenvalue weighted by Crippen LogP contribution is 2.41. The maximum absolute atomic E-state index is 13.6. The SMILES string of the molecule is CCOC(=O)c1c(NC(=O)C(c2ccccc2)c2ccccc2)sc2c1CCC(C)C2. The van der Waals surface area contributed by atoms with E-state index in [-0.39, 0.29) is 11.9 Å². The van der Waals surface area contributed by atoms with Gasteiger partial charge in [0, 0.05) is 4.88 Å². The Morgan fingerprint density at radius 2 is 1.68 bits per heavy atom. The van der Waals surface area contributed by atoms with Crippen LogP contribution in [0.2, 0.25) is 0 Å². The van der Waals surface area contributed by atoms with E-state index in [4.69, 9.17) is 4.74 Å². The van der Waals surface area contributed by atoms with Crippen LogP contribution in [-0.2, 0) is 22.4 Å². The highest BCUT2D eigenvalue weighted by Gasteiger charge is 2.31. The average Bonchev–Trinajstić information content (AvgIpc) is 3.12. The van der Waals surface area contributed by atoms with Gasteiger partial charge >= 0.3 is 5.97 Å². The fourth-order valence-corrected chi connectivity index (χ4v) is 5.63. The van der Waals surface area contributed by atoms with E-state index in [1.165, 1.54) is 16.2 Å². The van der Waals surface area contributed by atoms with Crippen LogP contribution in [0.15, 0.2) is 60.7 Å². The molecular weight excluding hydrogens is 406 g/mol. The molecule has 0 fully saturated rings. The Kier molecular flexibility index (Phi) is 6.52. The molecule has 0 aliphatic heterocycles. The van der Waals surface area contributed by atoms with E-state index in [0.717, 1.165) is 36.0 Å². The van der Waals surface area contributed by atoms with Crippen molar-refractivity contribution < 1.29 is 14.3 Å². The molecule has 4 rings (SSSR count). The molecule has 4 nitrogen and oxygen atoms in total. The van der Waals surface area contributed by atoms with Crippen LogP contribution in [0.25, 0.3) is 0 Å². The molecule has 1 aliphatic rings. The maximum Gasteiger partial charge on any atom is 0.341 e. The van der Waals surface area contributed by atoms with E-state index < -0.39 is 5.92 Å². The van der Waals surface area contributed by atoms with Gasteiger partial charge in [-0.05, 0) is 48.8 Å². The zero-order valence-electron chi connectivity index (χ0n) is 17.9. The lowest BCUT2D eigenvalue weighted by atomic mass is 9.88. The van der Waals surface area contributed by atoms with E-state index in [0.29, 0.717) is 23.1 Å². The lowest BCUT2D eigenvalue weighted by Gasteiger charge is -2.19. The third-order valence-corrected chi connectivity index (χ3v) is 6.93. The van der Waals surface area contributed by atoms with Gasteiger partial charge in [-0.2, -0.15) is 0 Å². The Morgan fingerprint density at radius 1 is 1.06 bits per heavy atom. The molecule has 1 N–H and O–H groups in total. The summed E-state index contributed by atoms with van der Waals surface area (Å²) in [5.74, 6) is -0.378. The molecule has 0 bridgehead atoms. The van der Waals surface area contributed by atoms with E-state index in [1.807, 2.05) is 60.7 Å². The second kappa shape index (κ2) is 9.48. The van der Waals surface area contributed by atoms with Crippen LogP contribution < -0.4 is 5.32 Å². The van der Waals surface area contributed by atoms with Gasteiger partial charge in [0.2, 0.25) is 5.91 Å². The molecule has 0 saturated heterocycles. The lowest BCUT2D eigenvalue weighted by molar-refractivity contribution is -0.116. The quantitative estimate of drug-likeness (QED) is 0.498. The molecule has 1 heterocycles. The number of nitrogens with one attached hydrogen (secondary N) is 1. The number of hydrogen-bond donors (Lipinski definition) is 1. The molecule has 1 aromatic heterocycles. The fraction of sp³-hybridized carbons (Fsp3) is 0.308. The van der Waals surface area contributed by atoms with Crippen molar-refractivity contribution >= 4 is 28.2 Å². The van der Waals surface area contributed by atoms with E-state index in [1.54, 1.807) is 6.92 Å². The smallest absolute Gasteiger partial charge is 0.341 e. The number of esters is 1. The van der Waals surface area contributed by atoms with Crippen LogP contribution in [0.1, 0.15) is 58.1 Å². The number of carbonyl (C=O) groups excluding carboxylic acids is 2. The number of carbonyl (C=O) groups is 2. The maximum atomic E-state index is 13.6. The predicted octanol–water partition coefficient (Wildman–Crippen LogP) is 5.82. The van der Waals surface area contributed by atoms with Crippen molar-refractivity contribution in [2.75, 3.05) is 11.9 Å². The first-order chi connectivity index (χ1) is 15.1. The minimum atomic E-state index is -0.463. The van der Waals surface area contributed by atoms with E-state index in [9.17, 15) is 9.59 Å². The van der Waals surface area contributed by atoms with Crippen LogP contribution in [0.5, 0.6) is 0 Å². The second-order valence-electron chi connectivity index (χ2n) is 8.02. The van der Waals surface area contributed by atoms with Gasteiger partial charge in [-0.25, -0.2) is 4.79 Å². The predicted molar refractivity (Wildman–Crippen MR) is 125 cm³/mol. The van der Waals surface area contributed by atoms with Crippen molar-refractivity contribution in [3.63, 3.8) is 0 Å². The van der Waals surface area contributed by atoms with Crippen molar-refractivity contribution in [1.29, 1.82) is 0 Å². The first-order valence-electron chi connectivity index (χ1n) is 10.8. The Morgan fingerprint density at radius 3 is 2.26 bits per heavy atom. The van der Waals surface area contributed by atoms with Gasteiger partial charge in [-0.1, -0.05) is 67.6 Å². The van der Waals surface area contributed by atoms with Gasteiger partial charge in [0.15, 0.2) is 0 Å². The molecular formula is C26H27NO3S. The van der Waals surface area contributed by atoms with Crippen molar-refractivity contribution in [3.8, 4) is 0 Å². The summed E-state index contributed by atoms with van der Waals surface area (Å²) in [6.07, 6.45) is 2.82. The number of rotatable bonds is 6. The Bertz CT molecular complexity index is 1020. The molecule has 1 unspecified atom stereocenters. The lowest BCUT2D eigenvalue weighted by Crippen LogP contribution is -2.23. The standard InChI is InChI=1S/C26H27NO3S/c1-3-30-26(29)23-20-15-14-17(2)16-21(20)31-25(23)27-24(28)22(18-10-6-4-7-11-18)19-12-8-5-9-13-19/h4-13,17,22H,3,14-16H2,1-2H3,(H,27,28). The number of anilines is 1. The molecule has 1 aliphatic carbocycles. The summed E-state index contributed by atoms with van der Waals surface area (Å²) < 4.78 is 5.35. The Labute approximate surface area is 187 Å². The monoisotopic (exact) mass is 433 g/mol. The molecule has 1 atom stereocenters. The number of thiophene rings is 1. The van der Waals surface area contributed by atoms with Crippen molar-refractivity contribution in [2.24, 2.45) is 5.92 Å². The molecule has 31 heavy (non-hydrogen) atoms. The topological polar surface area (TPSA) is 55.4 Å². The minimum Gasteiger partial charge on any atom is -0.462 e. The van der Waals surface area contributed by atoms with Crippen LogP contribution >= 0.6 is 11.3 Å². The molecule has 2 aromatic carbocycles. The van der Waals surface area contributed by atoms with E-state index >= 15 is 0 Å². The largest absolute Gasteiger partial charge is 0.462 e.